The van der Waals surface area contributed by atoms with E-state index in [0.717, 1.165) is 17.3 Å². The van der Waals surface area contributed by atoms with Crippen molar-refractivity contribution in [3.63, 3.8) is 0 Å². The molecule has 0 saturated carbocycles. The number of nitrogens with one attached hydrogen (secondary N) is 2. The minimum atomic E-state index is -0.488. The lowest BCUT2D eigenvalue weighted by Gasteiger charge is -2.12. The Morgan fingerprint density at radius 2 is 2.00 bits per heavy atom. The highest BCUT2D eigenvalue weighted by molar-refractivity contribution is 8.00. The number of carbonyl (C=O) groups excluding carboxylic acids is 2. The Bertz CT molecular complexity index is 817. The first-order chi connectivity index (χ1) is 11.9. The number of hydrogen-bond donors (Lipinski definition) is 2. The van der Waals surface area contributed by atoms with Gasteiger partial charge < -0.3 is 15.0 Å². The molecule has 0 aliphatic heterocycles. The molecule has 1 amide bonds. The number of anilines is 1. The molecule has 1 atom stereocenters. The first-order valence-electron chi connectivity index (χ1n) is 7.58. The summed E-state index contributed by atoms with van der Waals surface area (Å²) in [5.41, 5.74) is 1.71. The van der Waals surface area contributed by atoms with Gasteiger partial charge in [0.1, 0.15) is 0 Å². The average molecular weight is 361 g/mol. The van der Waals surface area contributed by atoms with Crippen LogP contribution >= 0.6 is 11.8 Å². The molecule has 2 aromatic rings. The fourth-order valence-corrected chi connectivity index (χ4v) is 2.78. The number of esters is 1. The second kappa shape index (κ2) is 8.48. The van der Waals surface area contributed by atoms with Gasteiger partial charge in [0.2, 0.25) is 5.91 Å². The quantitative estimate of drug-likeness (QED) is 0.463. The number of nitrogens with zero attached hydrogens (tertiary/aromatic N) is 1. The molecule has 8 heteroatoms. The summed E-state index contributed by atoms with van der Waals surface area (Å²) < 4.78 is 4.57. The van der Waals surface area contributed by atoms with Crippen molar-refractivity contribution in [2.45, 2.75) is 30.7 Å². The van der Waals surface area contributed by atoms with Crippen LogP contribution in [0.3, 0.4) is 0 Å². The molecule has 0 spiro atoms. The molecule has 0 saturated heterocycles. The summed E-state index contributed by atoms with van der Waals surface area (Å²) in [6.45, 7) is 3.68. The van der Waals surface area contributed by atoms with Gasteiger partial charge in [-0.25, -0.2) is 4.98 Å². The molecule has 132 valence electrons. The molecule has 0 fully saturated rings. The number of rotatable bonds is 6. The van der Waals surface area contributed by atoms with Gasteiger partial charge in [0, 0.05) is 11.8 Å². The summed E-state index contributed by atoms with van der Waals surface area (Å²) in [6, 6.07) is 8.69. The van der Waals surface area contributed by atoms with Crippen molar-refractivity contribution >= 4 is 29.3 Å². The van der Waals surface area contributed by atoms with Crippen LogP contribution in [0.1, 0.15) is 18.2 Å². The monoisotopic (exact) mass is 361 g/mol. The summed E-state index contributed by atoms with van der Waals surface area (Å²) in [4.78, 5) is 42.0. The number of aromatic amines is 1. The number of aromatic nitrogens is 2. The van der Waals surface area contributed by atoms with Gasteiger partial charge in [0.25, 0.3) is 5.56 Å². The lowest BCUT2D eigenvalue weighted by atomic mass is 10.2. The van der Waals surface area contributed by atoms with Gasteiger partial charge in [-0.15, -0.1) is 0 Å². The number of hydrogen-bond acceptors (Lipinski definition) is 6. The minimum absolute atomic E-state index is 0.0993. The van der Waals surface area contributed by atoms with Crippen LogP contribution in [0.5, 0.6) is 0 Å². The lowest BCUT2D eigenvalue weighted by Crippen LogP contribution is -2.23. The van der Waals surface area contributed by atoms with Crippen LogP contribution in [0.4, 0.5) is 5.69 Å². The van der Waals surface area contributed by atoms with Crippen molar-refractivity contribution in [1.29, 1.82) is 0 Å². The highest BCUT2D eigenvalue weighted by atomic mass is 32.2. The first-order valence-corrected chi connectivity index (χ1v) is 8.46. The van der Waals surface area contributed by atoms with Gasteiger partial charge in [0.05, 0.1) is 24.5 Å². The Kier molecular flexibility index (Phi) is 6.35. The number of amides is 1. The van der Waals surface area contributed by atoms with Crippen LogP contribution in [-0.4, -0.2) is 34.2 Å². The van der Waals surface area contributed by atoms with E-state index in [-0.39, 0.29) is 23.0 Å². The predicted octanol–water partition coefficient (Wildman–Crippen LogP) is 1.91. The van der Waals surface area contributed by atoms with E-state index in [0.29, 0.717) is 11.4 Å². The third kappa shape index (κ3) is 5.75. The molecule has 1 aromatic carbocycles. The third-order valence-electron chi connectivity index (χ3n) is 3.30. The molecular weight excluding hydrogens is 342 g/mol. The Balaban J connectivity index is 2.04. The van der Waals surface area contributed by atoms with E-state index in [1.165, 1.54) is 13.2 Å². The Morgan fingerprint density at radius 1 is 1.32 bits per heavy atom. The zero-order chi connectivity index (χ0) is 18.4. The molecule has 0 bridgehead atoms. The number of H-pyrrole nitrogens is 1. The van der Waals surface area contributed by atoms with E-state index in [1.54, 1.807) is 6.92 Å². The third-order valence-corrected chi connectivity index (χ3v) is 4.29. The molecule has 2 rings (SSSR count). The smallest absolute Gasteiger partial charge is 0.311 e. The highest BCUT2D eigenvalue weighted by Gasteiger charge is 2.17. The first kappa shape index (κ1) is 18.7. The van der Waals surface area contributed by atoms with E-state index in [9.17, 15) is 14.4 Å². The fraction of sp³-hybridized carbons (Fsp3) is 0.294. The Morgan fingerprint density at radius 3 is 2.64 bits per heavy atom. The summed E-state index contributed by atoms with van der Waals surface area (Å²) in [5, 5.41) is 2.59. The zero-order valence-corrected chi connectivity index (χ0v) is 15.0. The van der Waals surface area contributed by atoms with Crippen LogP contribution in [-0.2, 0) is 20.7 Å². The van der Waals surface area contributed by atoms with Crippen molar-refractivity contribution < 1.29 is 14.3 Å². The maximum atomic E-state index is 12.3. The van der Waals surface area contributed by atoms with Gasteiger partial charge in [-0.2, -0.15) is 0 Å². The molecule has 7 nitrogen and oxygen atoms in total. The summed E-state index contributed by atoms with van der Waals surface area (Å²) in [6.07, 6.45) is -0.0993. The SMILES string of the molecule is COC(=O)Cc1cc(=O)[nH]c(S[C@@H](C)C(=O)Nc2ccc(C)cc2)n1. The average Bonchev–Trinajstić information content (AvgIpc) is 2.56. The topological polar surface area (TPSA) is 101 Å². The second-order valence-electron chi connectivity index (χ2n) is 5.41. The maximum Gasteiger partial charge on any atom is 0.311 e. The van der Waals surface area contributed by atoms with E-state index < -0.39 is 11.2 Å². The Labute approximate surface area is 149 Å². The normalized spacial score (nSPS) is 11.6. The number of ether oxygens (including phenoxy) is 1. The van der Waals surface area contributed by atoms with Crippen molar-refractivity contribution in [3.8, 4) is 0 Å². The van der Waals surface area contributed by atoms with E-state index in [4.69, 9.17) is 0 Å². The van der Waals surface area contributed by atoms with Crippen LogP contribution in [0, 0.1) is 6.92 Å². The van der Waals surface area contributed by atoms with Crippen LogP contribution in [0.15, 0.2) is 40.3 Å². The molecular formula is C17H19N3O4S. The van der Waals surface area contributed by atoms with Gasteiger partial charge >= 0.3 is 5.97 Å². The zero-order valence-electron chi connectivity index (χ0n) is 14.2. The van der Waals surface area contributed by atoms with Crippen LogP contribution < -0.4 is 10.9 Å². The van der Waals surface area contributed by atoms with Crippen LogP contribution in [0.25, 0.3) is 0 Å². The van der Waals surface area contributed by atoms with Gasteiger partial charge in [-0.05, 0) is 26.0 Å². The number of methoxy groups -OCH3 is 1. The predicted molar refractivity (Wildman–Crippen MR) is 95.7 cm³/mol. The molecule has 0 radical (unpaired) electrons. The van der Waals surface area contributed by atoms with Crippen LogP contribution in [0.2, 0.25) is 0 Å². The van der Waals surface area contributed by atoms with Crippen molar-refractivity contribution in [3.05, 3.63) is 51.9 Å². The number of thioether (sulfide) groups is 1. The van der Waals surface area contributed by atoms with E-state index in [1.807, 2.05) is 31.2 Å². The van der Waals surface area contributed by atoms with Crippen molar-refractivity contribution in [1.82, 2.24) is 9.97 Å². The molecule has 1 aromatic heterocycles. The molecule has 0 aliphatic carbocycles. The van der Waals surface area contributed by atoms with Gasteiger partial charge in [0.15, 0.2) is 5.16 Å². The number of benzene rings is 1. The van der Waals surface area contributed by atoms with Gasteiger partial charge in [-0.1, -0.05) is 29.5 Å². The largest absolute Gasteiger partial charge is 0.469 e. The second-order valence-corrected chi connectivity index (χ2v) is 6.74. The fourth-order valence-electron chi connectivity index (χ4n) is 1.95. The van der Waals surface area contributed by atoms with E-state index >= 15 is 0 Å². The highest BCUT2D eigenvalue weighted by Crippen LogP contribution is 2.20. The molecule has 0 unspecified atom stereocenters. The Hall–Kier alpha value is -2.61. The minimum Gasteiger partial charge on any atom is -0.469 e. The van der Waals surface area contributed by atoms with Gasteiger partial charge in [-0.3, -0.25) is 14.4 Å². The van der Waals surface area contributed by atoms with Crippen molar-refractivity contribution in [2.24, 2.45) is 0 Å². The summed E-state index contributed by atoms with van der Waals surface area (Å²) in [5.74, 6) is -0.700. The molecule has 2 N–H and O–H groups in total. The lowest BCUT2D eigenvalue weighted by molar-refractivity contribution is -0.139. The van der Waals surface area contributed by atoms with E-state index in [2.05, 4.69) is 20.0 Å². The van der Waals surface area contributed by atoms with Crippen molar-refractivity contribution in [2.75, 3.05) is 12.4 Å². The number of aryl methyl sites for hydroxylation is 1. The molecule has 25 heavy (non-hydrogen) atoms. The molecule has 0 aliphatic rings. The standard InChI is InChI=1S/C17H19N3O4S/c1-10-4-6-12(7-5-10)18-16(23)11(2)25-17-19-13(8-14(21)20-17)9-15(22)24-3/h4-8,11H,9H2,1-3H3,(H,18,23)(H,19,20,21)/t11-/m0/s1. The summed E-state index contributed by atoms with van der Waals surface area (Å²) in [7, 11) is 1.27. The molecule has 1 heterocycles. The maximum absolute atomic E-state index is 12.3. The number of carbonyl (C=O) groups is 2. The summed E-state index contributed by atoms with van der Waals surface area (Å²) >= 11 is 1.11.